The van der Waals surface area contributed by atoms with Crippen LogP contribution in [-0.4, -0.2) is 74.9 Å². The van der Waals surface area contributed by atoms with Gasteiger partial charge in [-0.3, -0.25) is 4.90 Å². The summed E-state index contributed by atoms with van der Waals surface area (Å²) in [5, 5.41) is 10.2. The van der Waals surface area contributed by atoms with E-state index < -0.39 is 5.97 Å². The third-order valence-corrected chi connectivity index (χ3v) is 1.23. The number of benzene rings is 1. The van der Waals surface area contributed by atoms with Crippen LogP contribution in [0.1, 0.15) is 10.4 Å². The minimum atomic E-state index is -1.22. The Morgan fingerprint density at radius 2 is 1.86 bits per heavy atom. The second kappa shape index (κ2) is 16.9. The van der Waals surface area contributed by atoms with Gasteiger partial charge in [-0.15, -0.1) is 5.56 Å². The van der Waals surface area contributed by atoms with Crippen LogP contribution in [0, 0.1) is 6.07 Å². The number of aromatic carboxylic acids is 1. The van der Waals surface area contributed by atoms with Crippen molar-refractivity contribution in [3.63, 3.8) is 0 Å². The van der Waals surface area contributed by atoms with Crippen molar-refractivity contribution in [1.29, 1.82) is 0 Å². The molecule has 0 heterocycles. The molecule has 63 valence electrons. The van der Waals surface area contributed by atoms with E-state index in [1.54, 1.807) is 0 Å². The predicted molar refractivity (Wildman–Crippen MR) is 41.0 cm³/mol. The second-order valence-electron chi connectivity index (χ2n) is 1.74. The van der Waals surface area contributed by atoms with Crippen molar-refractivity contribution in [2.75, 3.05) is 0 Å². The van der Waals surface area contributed by atoms with Crippen molar-refractivity contribution in [3.8, 4) is 0 Å². The number of carboxylic acids is 1. The first-order chi connectivity index (χ1) is 4.70. The fourth-order valence-corrected chi connectivity index (χ4v) is 0.763. The monoisotopic (exact) mass is 747 g/mol. The van der Waals surface area contributed by atoms with Gasteiger partial charge in [0.05, 0.1) is 0 Å². The molecule has 0 saturated heterocycles. The van der Waals surface area contributed by atoms with Crippen LogP contribution in [0.5, 0.6) is 0 Å². The van der Waals surface area contributed by atoms with Crippen LogP contribution in [0.3, 0.4) is 0 Å². The van der Waals surface area contributed by atoms with Crippen LogP contribution in [0.25, 0.3) is 0 Å². The summed E-state index contributed by atoms with van der Waals surface area (Å²) in [6.45, 7) is 0. The van der Waals surface area contributed by atoms with Crippen molar-refractivity contribution < 1.29 is 170 Å². The van der Waals surface area contributed by atoms with Crippen molar-refractivity contribution in [1.82, 2.24) is 0 Å². The molecule has 1 rings (SSSR count). The first-order valence-corrected chi connectivity index (χ1v) is 3.00. The summed E-state index contributed by atoms with van der Waals surface area (Å²) >= 11 is 4.70. The van der Waals surface area contributed by atoms with Crippen molar-refractivity contribution in [2.24, 2.45) is 0 Å². The fourth-order valence-electron chi connectivity index (χ4n) is 0.568. The van der Waals surface area contributed by atoms with Crippen LogP contribution >= 0.6 is 0 Å². The summed E-state index contributed by atoms with van der Waals surface area (Å²) in [6.07, 6.45) is 0. The normalized spacial score (nSPS) is 6.57. The van der Waals surface area contributed by atoms with Crippen LogP contribution < -0.4 is 143 Å². The van der Waals surface area contributed by atoms with E-state index in [0.29, 0.717) is 4.90 Å². The van der Waals surface area contributed by atoms with Gasteiger partial charge < -0.3 is 22.5 Å². The fraction of sp³-hybridized carbons (Fsp3) is 0. The average Bonchev–Trinajstić information content (AvgIpc) is 1.88. The number of hydrogen-bond donors (Lipinski definition) is 0. The van der Waals surface area contributed by atoms with E-state index in [-0.39, 0.29) is 235 Å². The summed E-state index contributed by atoms with van der Waals surface area (Å²) in [6, 6.07) is 6.80. The molecule has 14 heavy (non-hydrogen) atoms. The van der Waals surface area contributed by atoms with E-state index in [0.717, 1.165) is 0 Å². The smallest absolute Gasteiger partial charge is 0.859 e. The molecular formula is C7H3AuCs3O2S. The Bertz CT molecular complexity index is 273. The summed E-state index contributed by atoms with van der Waals surface area (Å²) in [5.74, 6) is -1.22. The molecule has 0 N–H and O–H groups in total. The van der Waals surface area contributed by atoms with E-state index in [9.17, 15) is 9.90 Å². The molecule has 1 aromatic rings. The first-order valence-electron chi connectivity index (χ1n) is 2.59. The van der Waals surface area contributed by atoms with Crippen molar-refractivity contribution in [3.05, 3.63) is 29.8 Å². The summed E-state index contributed by atoms with van der Waals surface area (Å²) in [4.78, 5) is 10.6. The van der Waals surface area contributed by atoms with Crippen LogP contribution in [0.4, 0.5) is 0 Å². The molecule has 2 nitrogen and oxygen atoms in total. The Hall–Kier alpha value is 5.81. The van der Waals surface area contributed by atoms with Gasteiger partial charge in [-0.2, -0.15) is 24.3 Å². The van der Waals surface area contributed by atoms with E-state index in [1.165, 1.54) is 18.2 Å². The molecule has 0 unspecified atom stereocenters. The van der Waals surface area contributed by atoms with Crippen molar-refractivity contribution >= 4 is 87.5 Å². The van der Waals surface area contributed by atoms with E-state index >= 15 is 0 Å². The molecule has 0 aromatic heterocycles. The van der Waals surface area contributed by atoms with Gasteiger partial charge in [0, 0.05) is 74.9 Å². The SMILES string of the molecule is O=C([O-])c1c[c-]cc([S-])c1.[Au+].[Cs+].[Cs+].[Cs]. The maximum absolute atomic E-state index is 10.2. The number of carbonyl (C=O) groups is 1. The molecule has 0 bridgehead atoms. The molecule has 0 aliphatic rings. The standard InChI is InChI=1S/C7H5O2S.Au.3Cs/c8-7(9)5-2-1-3-6(10)4-5;;;;/h2-4,10H,(H,8,9);;;;/q-1;+1;;2*+1/p-2. The third-order valence-electron chi connectivity index (χ3n) is 0.998. The zero-order valence-electron chi connectivity index (χ0n) is 8.26. The molecule has 0 aliphatic carbocycles. The first kappa shape index (κ1) is 28.0. The van der Waals surface area contributed by atoms with Gasteiger partial charge in [0.25, 0.3) is 0 Å². The summed E-state index contributed by atoms with van der Waals surface area (Å²) in [5.41, 5.74) is 0.0764. The molecule has 1 aromatic carbocycles. The van der Waals surface area contributed by atoms with Gasteiger partial charge >= 0.3 is 160 Å². The Labute approximate surface area is 281 Å². The van der Waals surface area contributed by atoms with E-state index in [1.807, 2.05) is 0 Å². The van der Waals surface area contributed by atoms with Gasteiger partial charge in [-0.25, -0.2) is 0 Å². The maximum atomic E-state index is 10.2. The minimum Gasteiger partial charge on any atom is -0.859 e. The topological polar surface area (TPSA) is 40.1 Å². The Morgan fingerprint density at radius 1 is 1.36 bits per heavy atom. The predicted octanol–water partition coefficient (Wildman–Crippen LogP) is -6.62. The van der Waals surface area contributed by atoms with Gasteiger partial charge in [0.1, 0.15) is 0 Å². The molecule has 7 heteroatoms. The quantitative estimate of drug-likeness (QED) is 0.163. The van der Waals surface area contributed by atoms with Gasteiger partial charge in [-0.05, 0) is 0 Å². The molecule has 0 spiro atoms. The minimum absolute atomic E-state index is 0. The Balaban J connectivity index is -0.000000125. The molecule has 0 aliphatic heterocycles. The molecular weight excluding hydrogens is 744 g/mol. The Morgan fingerprint density at radius 3 is 2.14 bits per heavy atom. The van der Waals surface area contributed by atoms with Crippen LogP contribution in [0.2, 0.25) is 0 Å². The largest absolute Gasteiger partial charge is 1.00 e. The third kappa shape index (κ3) is 12.8. The zero-order valence-corrected chi connectivity index (χ0v) is 30.1. The molecule has 0 atom stereocenters. The number of carboxylic acid groups (broad SMARTS) is 1. The van der Waals surface area contributed by atoms with E-state index in [2.05, 4.69) is 6.07 Å². The van der Waals surface area contributed by atoms with Crippen LogP contribution in [0.15, 0.2) is 23.1 Å². The number of hydrogen-bond acceptors (Lipinski definition) is 3. The number of carbonyl (C=O) groups excluding carboxylic acids is 1. The maximum Gasteiger partial charge on any atom is 1.00 e. The van der Waals surface area contributed by atoms with Gasteiger partial charge in [-0.1, -0.05) is 0 Å². The number of rotatable bonds is 1. The molecule has 1 radical (unpaired) electrons. The van der Waals surface area contributed by atoms with Crippen LogP contribution in [-0.2, 0) is 35.0 Å². The average molecular weight is 747 g/mol. The second-order valence-corrected chi connectivity index (χ2v) is 2.22. The summed E-state index contributed by atoms with van der Waals surface area (Å²) in [7, 11) is 0. The molecule has 0 amide bonds. The summed E-state index contributed by atoms with van der Waals surface area (Å²) < 4.78 is 0. The van der Waals surface area contributed by atoms with Crippen molar-refractivity contribution in [2.45, 2.75) is 4.90 Å². The zero-order chi connectivity index (χ0) is 7.56. The van der Waals surface area contributed by atoms with Gasteiger partial charge in [0.2, 0.25) is 0 Å². The Kier molecular flexibility index (Phi) is 33.8. The van der Waals surface area contributed by atoms with Gasteiger partial charge in [0.15, 0.2) is 0 Å². The van der Waals surface area contributed by atoms with E-state index in [4.69, 9.17) is 12.6 Å². The molecule has 0 saturated carbocycles. The molecule has 0 fully saturated rings.